The number of benzene rings is 1. The lowest BCUT2D eigenvalue weighted by atomic mass is 10.1. The Balaban J connectivity index is 1.07. The number of aromatic nitrogens is 2. The third-order valence-electron chi connectivity index (χ3n) is 9.77. The Kier molecular flexibility index (Phi) is 6.17. The van der Waals surface area contributed by atoms with Gasteiger partial charge in [-0.2, -0.15) is 5.10 Å². The summed E-state index contributed by atoms with van der Waals surface area (Å²) in [4.78, 5) is 35.9. The van der Waals surface area contributed by atoms with Crippen molar-refractivity contribution in [2.45, 2.75) is 50.6 Å². The fourth-order valence-electron chi connectivity index (χ4n) is 7.24. The summed E-state index contributed by atoms with van der Waals surface area (Å²) in [5.74, 6) is 1.14. The molecule has 7 rings (SSSR count). The zero-order valence-corrected chi connectivity index (χ0v) is 23.4. The van der Waals surface area contributed by atoms with Gasteiger partial charge in [0.25, 0.3) is 5.91 Å². The van der Waals surface area contributed by atoms with Gasteiger partial charge in [-0.3, -0.25) is 19.2 Å². The van der Waals surface area contributed by atoms with Gasteiger partial charge >= 0.3 is 0 Å². The molecule has 3 heterocycles. The Labute approximate surface area is 234 Å². The highest BCUT2D eigenvalue weighted by molar-refractivity contribution is 6.31. The normalized spacial score (nSPS) is 25.2. The number of amides is 2. The van der Waals surface area contributed by atoms with Crippen LogP contribution in [0.5, 0.6) is 0 Å². The quantitative estimate of drug-likeness (QED) is 0.591. The fourth-order valence-corrected chi connectivity index (χ4v) is 7.41. The van der Waals surface area contributed by atoms with E-state index in [9.17, 15) is 14.7 Å². The summed E-state index contributed by atoms with van der Waals surface area (Å²) < 4.78 is 1.86. The summed E-state index contributed by atoms with van der Waals surface area (Å²) >= 11 is 6.40. The lowest BCUT2D eigenvalue weighted by Crippen LogP contribution is -2.58. The molecule has 2 amide bonds. The standard InChI is InChI=1S/C29H37ClN6O3/c1-19-22(30)3-2-4-23(19)34-11-12-35(29(18-34)5-6-29)25(38)17-36-24-16-20-15-21(20)26(24)27(31-36)28(39)33-9-7-32(8-10-33)13-14-37/h2-4,20-21,37H,5-18H2,1H3/t20-,21-/m1/s1. The highest BCUT2D eigenvalue weighted by Crippen LogP contribution is 2.57. The third kappa shape index (κ3) is 4.33. The van der Waals surface area contributed by atoms with E-state index in [-0.39, 0.29) is 30.5 Å². The number of hydrogen-bond donors (Lipinski definition) is 1. The van der Waals surface area contributed by atoms with Crippen LogP contribution in [0.3, 0.4) is 0 Å². The molecule has 2 aromatic rings. The predicted molar refractivity (Wildman–Crippen MR) is 148 cm³/mol. The largest absolute Gasteiger partial charge is 0.395 e. The van der Waals surface area contributed by atoms with E-state index in [2.05, 4.69) is 27.7 Å². The van der Waals surface area contributed by atoms with Crippen LogP contribution < -0.4 is 4.90 Å². The van der Waals surface area contributed by atoms with Crippen molar-refractivity contribution < 1.29 is 14.7 Å². The molecule has 39 heavy (non-hydrogen) atoms. The van der Waals surface area contributed by atoms with Gasteiger partial charge in [-0.25, -0.2) is 0 Å². The number of carbonyl (C=O) groups excluding carboxylic acids is 2. The van der Waals surface area contributed by atoms with Crippen LogP contribution >= 0.6 is 11.6 Å². The fraction of sp³-hybridized carbons (Fsp3) is 0.621. The molecule has 9 nitrogen and oxygen atoms in total. The molecular weight excluding hydrogens is 516 g/mol. The lowest BCUT2D eigenvalue weighted by molar-refractivity contribution is -0.135. The van der Waals surface area contributed by atoms with E-state index in [0.29, 0.717) is 43.7 Å². The zero-order valence-electron chi connectivity index (χ0n) is 22.6. The molecule has 4 fully saturated rings. The smallest absolute Gasteiger partial charge is 0.274 e. The van der Waals surface area contributed by atoms with E-state index in [4.69, 9.17) is 16.7 Å². The first-order valence-corrected chi connectivity index (χ1v) is 14.8. The summed E-state index contributed by atoms with van der Waals surface area (Å²) in [6.45, 7) is 8.16. The van der Waals surface area contributed by atoms with Crippen LogP contribution in [0.15, 0.2) is 18.2 Å². The van der Waals surface area contributed by atoms with Crippen molar-refractivity contribution in [2.24, 2.45) is 5.92 Å². The second kappa shape index (κ2) is 9.49. The van der Waals surface area contributed by atoms with Crippen molar-refractivity contribution in [3.05, 3.63) is 45.7 Å². The Morgan fingerprint density at radius 2 is 1.92 bits per heavy atom. The molecule has 0 bridgehead atoms. The number of halogens is 1. The van der Waals surface area contributed by atoms with Crippen molar-refractivity contribution in [3.8, 4) is 0 Å². The maximum Gasteiger partial charge on any atom is 0.274 e. The minimum Gasteiger partial charge on any atom is -0.395 e. The number of aliphatic hydroxyl groups is 1. The number of nitrogens with zero attached hydrogens (tertiary/aromatic N) is 6. The average molecular weight is 553 g/mol. The molecule has 0 radical (unpaired) electrons. The van der Waals surface area contributed by atoms with Crippen LogP contribution in [0.2, 0.25) is 5.02 Å². The third-order valence-corrected chi connectivity index (χ3v) is 10.2. The van der Waals surface area contributed by atoms with Gasteiger partial charge in [-0.1, -0.05) is 17.7 Å². The summed E-state index contributed by atoms with van der Waals surface area (Å²) in [6.07, 6.45) is 4.08. The van der Waals surface area contributed by atoms with E-state index in [1.54, 1.807) is 0 Å². The van der Waals surface area contributed by atoms with Gasteiger partial charge in [0.15, 0.2) is 5.69 Å². The van der Waals surface area contributed by atoms with Gasteiger partial charge in [-0.05, 0) is 62.1 Å². The van der Waals surface area contributed by atoms with Gasteiger partial charge in [0.05, 0.1) is 12.1 Å². The number of fused-ring (bicyclic) bond motifs is 3. The Morgan fingerprint density at radius 3 is 2.67 bits per heavy atom. The molecule has 2 saturated carbocycles. The summed E-state index contributed by atoms with van der Waals surface area (Å²) in [5.41, 5.74) is 4.91. The molecule has 10 heteroatoms. The molecule has 1 aromatic heterocycles. The van der Waals surface area contributed by atoms with Crippen molar-refractivity contribution in [1.82, 2.24) is 24.5 Å². The van der Waals surface area contributed by atoms with Crippen molar-refractivity contribution in [1.29, 1.82) is 0 Å². The average Bonchev–Trinajstić information content (AvgIpc) is 3.82. The van der Waals surface area contributed by atoms with Crippen LogP contribution in [0.25, 0.3) is 0 Å². The van der Waals surface area contributed by atoms with Gasteiger partial charge in [-0.15, -0.1) is 0 Å². The van der Waals surface area contributed by atoms with Crippen LogP contribution in [0.1, 0.15) is 52.5 Å². The lowest BCUT2D eigenvalue weighted by Gasteiger charge is -2.43. The Morgan fingerprint density at radius 1 is 1.13 bits per heavy atom. The van der Waals surface area contributed by atoms with Crippen molar-refractivity contribution in [2.75, 3.05) is 63.9 Å². The van der Waals surface area contributed by atoms with Crippen molar-refractivity contribution in [3.63, 3.8) is 0 Å². The van der Waals surface area contributed by atoms with Crippen LogP contribution in [0, 0.1) is 12.8 Å². The molecule has 1 spiro atoms. The Hall–Kier alpha value is -2.62. The molecule has 3 aliphatic carbocycles. The number of hydrogen-bond acceptors (Lipinski definition) is 6. The van der Waals surface area contributed by atoms with Gasteiger partial charge in [0.1, 0.15) is 6.54 Å². The molecule has 208 valence electrons. The molecule has 2 atom stereocenters. The molecule has 5 aliphatic rings. The van der Waals surface area contributed by atoms with E-state index in [1.807, 2.05) is 21.7 Å². The molecule has 0 unspecified atom stereocenters. The Bertz CT molecular complexity index is 1310. The molecule has 2 aliphatic heterocycles. The minimum atomic E-state index is -0.116. The summed E-state index contributed by atoms with van der Waals surface area (Å²) in [6, 6.07) is 6.05. The SMILES string of the molecule is Cc1c(Cl)cccc1N1CCN(C(=O)Cn2nc(C(=O)N3CCN(CCO)CC3)c3c2C[C@H]2C[C@@H]32)C2(CC2)C1. The number of β-amino-alcohol motifs (C(OH)–C–C–N with tert-alkyl or cyclic N) is 1. The monoisotopic (exact) mass is 552 g/mol. The topological polar surface area (TPSA) is 85.2 Å². The first-order valence-electron chi connectivity index (χ1n) is 14.4. The minimum absolute atomic E-state index is 0.00202. The van der Waals surface area contributed by atoms with E-state index < -0.39 is 0 Å². The van der Waals surface area contributed by atoms with Gasteiger partial charge < -0.3 is 19.8 Å². The molecule has 1 aromatic carbocycles. The first-order chi connectivity index (χ1) is 18.9. The predicted octanol–water partition coefficient (Wildman–Crippen LogP) is 2.14. The summed E-state index contributed by atoms with van der Waals surface area (Å²) in [7, 11) is 0. The number of rotatable bonds is 6. The summed E-state index contributed by atoms with van der Waals surface area (Å²) in [5, 5.41) is 14.8. The second-order valence-electron chi connectivity index (χ2n) is 12.1. The highest BCUT2D eigenvalue weighted by atomic mass is 35.5. The van der Waals surface area contributed by atoms with E-state index in [0.717, 1.165) is 79.4 Å². The maximum atomic E-state index is 13.8. The number of anilines is 1. The maximum absolute atomic E-state index is 13.8. The van der Waals surface area contributed by atoms with Gasteiger partial charge in [0, 0.05) is 74.3 Å². The van der Waals surface area contributed by atoms with Crippen LogP contribution in [0.4, 0.5) is 5.69 Å². The van der Waals surface area contributed by atoms with Crippen LogP contribution in [-0.4, -0.2) is 106 Å². The second-order valence-corrected chi connectivity index (χ2v) is 12.5. The van der Waals surface area contributed by atoms with Gasteiger partial charge in [0.2, 0.25) is 5.91 Å². The molecular formula is C29H37ClN6O3. The number of carbonyl (C=O) groups is 2. The van der Waals surface area contributed by atoms with E-state index >= 15 is 0 Å². The zero-order chi connectivity index (χ0) is 26.9. The highest BCUT2D eigenvalue weighted by Gasteiger charge is 2.54. The van der Waals surface area contributed by atoms with E-state index in [1.165, 1.54) is 0 Å². The van der Waals surface area contributed by atoms with Crippen LogP contribution in [-0.2, 0) is 17.8 Å². The number of aliphatic hydroxyl groups excluding tert-OH is 1. The van der Waals surface area contributed by atoms with Crippen molar-refractivity contribution >= 4 is 29.1 Å². The molecule has 2 saturated heterocycles. The number of piperazine rings is 2. The molecule has 1 N–H and O–H groups in total. The first kappa shape index (κ1) is 25.4.